The summed E-state index contributed by atoms with van der Waals surface area (Å²) in [4.78, 5) is 0. The van der Waals surface area contributed by atoms with Crippen molar-refractivity contribution in [2.24, 2.45) is 11.8 Å². The van der Waals surface area contributed by atoms with Gasteiger partial charge in [-0.1, -0.05) is 76.6 Å². The number of nitrogens with zero attached hydrogens (tertiary/aromatic N) is 2. The third-order valence-corrected chi connectivity index (χ3v) is 7.19. The molecule has 3 rings (SSSR count). The van der Waals surface area contributed by atoms with E-state index >= 15 is 0 Å². The van der Waals surface area contributed by atoms with Gasteiger partial charge in [-0.05, 0) is 55.4 Å². The van der Waals surface area contributed by atoms with Crippen LogP contribution in [0.1, 0.15) is 83.1 Å². The fourth-order valence-corrected chi connectivity index (χ4v) is 5.05. The van der Waals surface area contributed by atoms with Crippen LogP contribution in [0.4, 0.5) is 0 Å². The van der Waals surface area contributed by atoms with E-state index in [4.69, 9.17) is 4.74 Å². The molecule has 1 saturated carbocycles. The topological polar surface area (TPSA) is 35.0 Å². The lowest BCUT2D eigenvalue weighted by atomic mass is 9.78. The number of hydrogen-bond acceptors (Lipinski definition) is 4. The summed E-state index contributed by atoms with van der Waals surface area (Å²) < 4.78 is 5.97. The van der Waals surface area contributed by atoms with Crippen molar-refractivity contribution in [1.82, 2.24) is 10.2 Å². The molecular formula is C24H36N2OS. The van der Waals surface area contributed by atoms with E-state index in [1.807, 2.05) is 0 Å². The molecule has 28 heavy (non-hydrogen) atoms. The van der Waals surface area contributed by atoms with Crippen LogP contribution in [0.25, 0.3) is 10.6 Å². The zero-order chi connectivity index (χ0) is 19.6. The summed E-state index contributed by atoms with van der Waals surface area (Å²) in [5.41, 5.74) is 1.13. The highest BCUT2D eigenvalue weighted by molar-refractivity contribution is 7.14. The molecule has 0 amide bonds. The van der Waals surface area contributed by atoms with Gasteiger partial charge in [0.2, 0.25) is 0 Å². The van der Waals surface area contributed by atoms with E-state index in [0.717, 1.165) is 46.2 Å². The van der Waals surface area contributed by atoms with Gasteiger partial charge in [-0.25, -0.2) is 0 Å². The van der Waals surface area contributed by atoms with Crippen LogP contribution in [0, 0.1) is 11.8 Å². The molecule has 154 valence electrons. The molecule has 1 fully saturated rings. The van der Waals surface area contributed by atoms with Gasteiger partial charge in [0.15, 0.2) is 0 Å². The number of unbranched alkanes of at least 4 members (excludes halogenated alkanes) is 2. The molecule has 3 nitrogen and oxygen atoms in total. The molecule has 0 aliphatic heterocycles. The number of hydrogen-bond donors (Lipinski definition) is 0. The number of benzene rings is 1. The van der Waals surface area contributed by atoms with E-state index in [1.165, 1.54) is 64.2 Å². The van der Waals surface area contributed by atoms with E-state index in [9.17, 15) is 0 Å². The molecule has 2 aromatic rings. The normalized spacial score (nSPS) is 19.6. The molecular weight excluding hydrogens is 364 g/mol. The maximum Gasteiger partial charge on any atom is 0.147 e. The minimum absolute atomic E-state index is 0.828. The molecule has 0 spiro atoms. The van der Waals surface area contributed by atoms with Crippen LogP contribution < -0.4 is 4.74 Å². The van der Waals surface area contributed by atoms with Crippen molar-refractivity contribution in [2.75, 3.05) is 6.61 Å². The molecule has 1 aliphatic rings. The van der Waals surface area contributed by atoms with Crippen molar-refractivity contribution in [3.8, 4) is 16.3 Å². The van der Waals surface area contributed by atoms with Gasteiger partial charge in [0.05, 0.1) is 6.61 Å². The van der Waals surface area contributed by atoms with Crippen LogP contribution in [0.5, 0.6) is 5.75 Å². The van der Waals surface area contributed by atoms with Gasteiger partial charge < -0.3 is 4.74 Å². The van der Waals surface area contributed by atoms with E-state index in [2.05, 4.69) is 48.3 Å². The molecule has 0 radical (unpaired) electrons. The first-order valence-corrected chi connectivity index (χ1v) is 12.2. The van der Waals surface area contributed by atoms with Gasteiger partial charge in [0.25, 0.3) is 0 Å². The summed E-state index contributed by atoms with van der Waals surface area (Å²) in [6.07, 6.45) is 14.9. The molecule has 0 bridgehead atoms. The average molecular weight is 401 g/mol. The lowest BCUT2D eigenvalue weighted by molar-refractivity contribution is 0.228. The number of aromatic nitrogens is 2. The summed E-state index contributed by atoms with van der Waals surface area (Å²) in [6, 6.07) is 8.30. The quantitative estimate of drug-likeness (QED) is 0.371. The van der Waals surface area contributed by atoms with Gasteiger partial charge in [0, 0.05) is 5.56 Å². The minimum atomic E-state index is 0.828. The number of ether oxygens (including phenoxy) is 1. The Bertz CT molecular complexity index is 674. The second-order valence-electron chi connectivity index (χ2n) is 8.25. The number of aryl methyl sites for hydroxylation is 1. The zero-order valence-corrected chi connectivity index (χ0v) is 18.5. The largest absolute Gasteiger partial charge is 0.494 e. The predicted molar refractivity (Wildman–Crippen MR) is 119 cm³/mol. The molecule has 1 heterocycles. The van der Waals surface area contributed by atoms with E-state index < -0.39 is 0 Å². The fraction of sp³-hybridized carbons (Fsp3) is 0.667. The highest BCUT2D eigenvalue weighted by atomic mass is 32.1. The number of rotatable bonds is 11. The smallest absolute Gasteiger partial charge is 0.147 e. The van der Waals surface area contributed by atoms with Crippen molar-refractivity contribution >= 4 is 11.3 Å². The van der Waals surface area contributed by atoms with Gasteiger partial charge in [-0.15, -0.1) is 10.2 Å². The van der Waals surface area contributed by atoms with Crippen molar-refractivity contribution in [3.05, 3.63) is 29.3 Å². The zero-order valence-electron chi connectivity index (χ0n) is 17.7. The second kappa shape index (κ2) is 11.5. The van der Waals surface area contributed by atoms with Gasteiger partial charge in [0.1, 0.15) is 15.8 Å². The van der Waals surface area contributed by atoms with Crippen LogP contribution in [0.3, 0.4) is 0 Å². The van der Waals surface area contributed by atoms with E-state index in [-0.39, 0.29) is 0 Å². The maximum absolute atomic E-state index is 5.97. The first kappa shape index (κ1) is 21.3. The SMILES string of the molecule is CCCCCC1CCC(CCCOc2ccc(-c3nnc(CC)s3)cc2)CC1. The monoisotopic (exact) mass is 400 g/mol. The molecule has 0 N–H and O–H groups in total. The van der Waals surface area contributed by atoms with Crippen LogP contribution in [-0.4, -0.2) is 16.8 Å². The first-order chi connectivity index (χ1) is 13.8. The Labute approximate surface area is 174 Å². The third kappa shape index (κ3) is 6.58. The summed E-state index contributed by atoms with van der Waals surface area (Å²) in [5.74, 6) is 2.90. The summed E-state index contributed by atoms with van der Waals surface area (Å²) in [7, 11) is 0. The molecule has 0 saturated heterocycles. The highest BCUT2D eigenvalue weighted by Crippen LogP contribution is 2.34. The molecule has 1 aromatic carbocycles. The third-order valence-electron chi connectivity index (χ3n) is 6.08. The Morgan fingerprint density at radius 1 is 0.893 bits per heavy atom. The van der Waals surface area contributed by atoms with Crippen molar-refractivity contribution in [2.45, 2.75) is 84.5 Å². The lowest BCUT2D eigenvalue weighted by Gasteiger charge is -2.28. The Morgan fingerprint density at radius 2 is 1.57 bits per heavy atom. The van der Waals surface area contributed by atoms with Crippen molar-refractivity contribution in [3.63, 3.8) is 0 Å². The Balaban J connectivity index is 1.31. The lowest BCUT2D eigenvalue weighted by Crippen LogP contribution is -2.15. The second-order valence-corrected chi connectivity index (χ2v) is 9.31. The van der Waals surface area contributed by atoms with Crippen LogP contribution >= 0.6 is 11.3 Å². The summed E-state index contributed by atoms with van der Waals surface area (Å²) in [6.45, 7) is 5.24. The molecule has 0 unspecified atom stereocenters. The van der Waals surface area contributed by atoms with Crippen molar-refractivity contribution < 1.29 is 4.74 Å². The van der Waals surface area contributed by atoms with Crippen LogP contribution in [-0.2, 0) is 6.42 Å². The standard InChI is InChI=1S/C24H36N2OS/c1-3-5-6-8-19-10-12-20(13-11-19)9-7-18-27-22-16-14-21(15-17-22)24-26-25-23(4-2)28-24/h14-17,19-20H,3-13,18H2,1-2H3. The predicted octanol–water partition coefficient (Wildman–Crippen LogP) is 7.31. The fourth-order valence-electron chi connectivity index (χ4n) is 4.26. The Kier molecular flexibility index (Phi) is 8.78. The van der Waals surface area contributed by atoms with E-state index in [0.29, 0.717) is 0 Å². The van der Waals surface area contributed by atoms with Crippen LogP contribution in [0.15, 0.2) is 24.3 Å². The molecule has 4 heteroatoms. The Hall–Kier alpha value is -1.42. The van der Waals surface area contributed by atoms with E-state index in [1.54, 1.807) is 11.3 Å². The van der Waals surface area contributed by atoms with Gasteiger partial charge >= 0.3 is 0 Å². The van der Waals surface area contributed by atoms with Gasteiger partial charge in [-0.3, -0.25) is 0 Å². The van der Waals surface area contributed by atoms with Gasteiger partial charge in [-0.2, -0.15) is 0 Å². The minimum Gasteiger partial charge on any atom is -0.494 e. The van der Waals surface area contributed by atoms with Crippen molar-refractivity contribution in [1.29, 1.82) is 0 Å². The summed E-state index contributed by atoms with van der Waals surface area (Å²) >= 11 is 1.67. The first-order valence-electron chi connectivity index (χ1n) is 11.3. The van der Waals surface area contributed by atoms with Crippen LogP contribution in [0.2, 0.25) is 0 Å². The molecule has 1 aromatic heterocycles. The maximum atomic E-state index is 5.97. The highest BCUT2D eigenvalue weighted by Gasteiger charge is 2.20. The molecule has 0 atom stereocenters. The summed E-state index contributed by atoms with van der Waals surface area (Å²) in [5, 5.41) is 10.5. The Morgan fingerprint density at radius 3 is 2.18 bits per heavy atom. The molecule has 1 aliphatic carbocycles. The average Bonchev–Trinajstić information content (AvgIpc) is 3.22.